The quantitative estimate of drug-likeness (QED) is 0.332. The molecule has 1 aliphatic heterocycles. The van der Waals surface area contributed by atoms with E-state index in [-0.39, 0.29) is 41.3 Å². The number of rotatable bonds is 5. The van der Waals surface area contributed by atoms with E-state index in [1.54, 1.807) is 18.2 Å². The minimum absolute atomic E-state index is 0.158. The number of ketones is 2. The largest absolute Gasteiger partial charge is 0.507 e. The van der Waals surface area contributed by atoms with Gasteiger partial charge in [-0.2, -0.15) is 0 Å². The van der Waals surface area contributed by atoms with Crippen LogP contribution in [0.4, 0.5) is 0 Å². The molecule has 2 fully saturated rings. The lowest BCUT2D eigenvalue weighted by Gasteiger charge is -2.55. The molecule has 0 bridgehead atoms. The Bertz CT molecular complexity index is 1780. The van der Waals surface area contributed by atoms with Gasteiger partial charge < -0.3 is 14.6 Å². The summed E-state index contributed by atoms with van der Waals surface area (Å²) in [6, 6.07) is 21.4. The summed E-state index contributed by atoms with van der Waals surface area (Å²) in [5, 5.41) is 14.2. The Labute approximate surface area is 254 Å². The third kappa shape index (κ3) is 3.83. The standard InChI is InChI=1S/C36H31NO7/c1-43-21-15-27(38)31(28(16-21)44-2)32-22-13-14-23-30(35(42)37-34(23)41)25(22)17-26-33(40)24(19-9-5-3-6-10-19)18-29(39)36(26,32)20-11-7-4-8-12-20/h3-13,15-16,18,23,25-26,30,32,38H,14,17H2,1-2H3,(H,37,41,42)/t23-,25+,26-,30-,32+,36-/m0/s1. The fraction of sp³-hybridized carbons (Fsp3) is 0.278. The lowest BCUT2D eigenvalue weighted by molar-refractivity contribution is -0.135. The molecule has 0 spiro atoms. The number of ether oxygens (including phenoxy) is 2. The number of imide groups is 1. The molecule has 1 heterocycles. The van der Waals surface area contributed by atoms with E-state index >= 15 is 0 Å². The van der Waals surface area contributed by atoms with Crippen LogP contribution in [0.5, 0.6) is 17.2 Å². The molecule has 3 aromatic rings. The maximum absolute atomic E-state index is 15.0. The first-order chi connectivity index (χ1) is 21.3. The second-order valence-corrected chi connectivity index (χ2v) is 11.9. The van der Waals surface area contributed by atoms with Crippen molar-refractivity contribution in [2.75, 3.05) is 14.2 Å². The summed E-state index contributed by atoms with van der Waals surface area (Å²) in [5.74, 6) is -4.28. The molecule has 2 amide bonds. The molecule has 7 rings (SSSR count). The lowest BCUT2D eigenvalue weighted by atomic mass is 9.44. The molecule has 3 aliphatic carbocycles. The molecule has 8 nitrogen and oxygen atoms in total. The molecule has 1 saturated carbocycles. The van der Waals surface area contributed by atoms with Gasteiger partial charge in [0.25, 0.3) is 0 Å². The van der Waals surface area contributed by atoms with Crippen LogP contribution in [0.25, 0.3) is 5.57 Å². The highest BCUT2D eigenvalue weighted by Gasteiger charge is 2.65. The van der Waals surface area contributed by atoms with Crippen molar-refractivity contribution in [1.82, 2.24) is 5.32 Å². The van der Waals surface area contributed by atoms with Crippen LogP contribution in [0.2, 0.25) is 0 Å². The summed E-state index contributed by atoms with van der Waals surface area (Å²) in [7, 11) is 2.95. The molecule has 4 aliphatic rings. The van der Waals surface area contributed by atoms with Gasteiger partial charge >= 0.3 is 0 Å². The van der Waals surface area contributed by atoms with Gasteiger partial charge in [0.1, 0.15) is 17.2 Å². The summed E-state index contributed by atoms with van der Waals surface area (Å²) < 4.78 is 11.2. The van der Waals surface area contributed by atoms with Crippen molar-refractivity contribution in [3.05, 3.63) is 107 Å². The topological polar surface area (TPSA) is 119 Å². The van der Waals surface area contributed by atoms with Crippen LogP contribution >= 0.6 is 0 Å². The van der Waals surface area contributed by atoms with Crippen molar-refractivity contribution in [3.63, 3.8) is 0 Å². The van der Waals surface area contributed by atoms with Crippen LogP contribution in [0, 0.1) is 23.7 Å². The van der Waals surface area contributed by atoms with Crippen molar-refractivity contribution >= 4 is 29.0 Å². The van der Waals surface area contributed by atoms with Gasteiger partial charge in [-0.25, -0.2) is 0 Å². The predicted molar refractivity (Wildman–Crippen MR) is 161 cm³/mol. The highest BCUT2D eigenvalue weighted by Crippen LogP contribution is 2.65. The third-order valence-electron chi connectivity index (χ3n) is 10.1. The first-order valence-corrected chi connectivity index (χ1v) is 14.7. The highest BCUT2D eigenvalue weighted by molar-refractivity contribution is 6.31. The fourth-order valence-corrected chi connectivity index (χ4v) is 8.26. The zero-order chi connectivity index (χ0) is 30.7. The van der Waals surface area contributed by atoms with Crippen LogP contribution in [0.1, 0.15) is 35.4 Å². The second kappa shape index (κ2) is 10.3. The number of fused-ring (bicyclic) bond motifs is 4. The Morgan fingerprint density at radius 2 is 1.57 bits per heavy atom. The minimum atomic E-state index is -1.47. The van der Waals surface area contributed by atoms with Gasteiger partial charge in [0.05, 0.1) is 31.5 Å². The van der Waals surface area contributed by atoms with E-state index in [9.17, 15) is 24.3 Å². The molecule has 0 unspecified atom stereocenters. The van der Waals surface area contributed by atoms with Gasteiger partial charge in [-0.15, -0.1) is 0 Å². The Balaban J connectivity index is 1.57. The smallest absolute Gasteiger partial charge is 0.231 e. The number of carbonyl (C=O) groups excluding carboxylic acids is 4. The average molecular weight is 590 g/mol. The van der Waals surface area contributed by atoms with Gasteiger partial charge in [-0.05, 0) is 36.0 Å². The number of aromatic hydroxyl groups is 1. The highest BCUT2D eigenvalue weighted by atomic mass is 16.5. The van der Waals surface area contributed by atoms with E-state index < -0.39 is 35.0 Å². The molecular weight excluding hydrogens is 558 g/mol. The van der Waals surface area contributed by atoms with Gasteiger partial charge in [0, 0.05) is 35.1 Å². The molecular formula is C36H31NO7. The van der Waals surface area contributed by atoms with Crippen LogP contribution < -0.4 is 14.8 Å². The number of phenolic OH excluding ortho intramolecular Hbond substituents is 1. The Kier molecular flexibility index (Phi) is 6.53. The molecule has 0 aromatic heterocycles. The van der Waals surface area contributed by atoms with Crippen molar-refractivity contribution in [2.24, 2.45) is 23.7 Å². The van der Waals surface area contributed by atoms with E-state index in [1.165, 1.54) is 26.4 Å². The number of Topliss-reactive ketones (excluding diaryl/α,β-unsaturated/α-hetero) is 1. The van der Waals surface area contributed by atoms with Gasteiger partial charge in [0.2, 0.25) is 11.8 Å². The summed E-state index contributed by atoms with van der Waals surface area (Å²) >= 11 is 0. The van der Waals surface area contributed by atoms with E-state index in [0.29, 0.717) is 34.4 Å². The molecule has 1 saturated heterocycles. The Hall–Kier alpha value is -4.98. The number of nitrogens with one attached hydrogen (secondary N) is 1. The van der Waals surface area contributed by atoms with Crippen molar-refractivity contribution in [3.8, 4) is 17.2 Å². The van der Waals surface area contributed by atoms with Gasteiger partial charge in [-0.1, -0.05) is 72.3 Å². The number of carbonyl (C=O) groups is 4. The number of hydrogen-bond acceptors (Lipinski definition) is 7. The van der Waals surface area contributed by atoms with E-state index in [0.717, 1.165) is 5.57 Å². The predicted octanol–water partition coefficient (Wildman–Crippen LogP) is 4.52. The van der Waals surface area contributed by atoms with Crippen molar-refractivity contribution < 1.29 is 33.8 Å². The van der Waals surface area contributed by atoms with Gasteiger partial charge in [-0.3, -0.25) is 24.5 Å². The van der Waals surface area contributed by atoms with Crippen LogP contribution in [0.3, 0.4) is 0 Å². The fourth-order valence-electron chi connectivity index (χ4n) is 8.26. The Morgan fingerprint density at radius 3 is 2.25 bits per heavy atom. The number of hydrogen-bond donors (Lipinski definition) is 2. The van der Waals surface area contributed by atoms with Gasteiger partial charge in [0.15, 0.2) is 11.6 Å². The molecule has 6 atom stereocenters. The van der Waals surface area contributed by atoms with E-state index in [2.05, 4.69) is 5.32 Å². The summed E-state index contributed by atoms with van der Waals surface area (Å²) in [5.41, 5.74) is 1.17. The first kappa shape index (κ1) is 27.8. The monoisotopic (exact) mass is 589 g/mol. The SMILES string of the molecule is COc1cc(O)c([C@H]2C3=CC[C@@H]4C(=O)NC(=O)[C@@H]4[C@@H]3C[C@H]3C(=O)C(c4ccccc4)=CC(=O)[C@@]23c2ccccc2)c(OC)c1. The number of allylic oxidation sites excluding steroid dienone is 4. The third-order valence-corrected chi connectivity index (χ3v) is 10.1. The number of phenols is 1. The summed E-state index contributed by atoms with van der Waals surface area (Å²) in [4.78, 5) is 55.9. The zero-order valence-electron chi connectivity index (χ0n) is 24.3. The van der Waals surface area contributed by atoms with Crippen LogP contribution in [-0.2, 0) is 24.6 Å². The molecule has 2 N–H and O–H groups in total. The molecule has 8 heteroatoms. The lowest BCUT2D eigenvalue weighted by Crippen LogP contribution is -2.58. The maximum Gasteiger partial charge on any atom is 0.231 e. The normalized spacial score (nSPS) is 29.1. The Morgan fingerprint density at radius 1 is 0.864 bits per heavy atom. The number of amides is 2. The van der Waals surface area contributed by atoms with Crippen molar-refractivity contribution in [1.29, 1.82) is 0 Å². The summed E-state index contributed by atoms with van der Waals surface area (Å²) in [6.45, 7) is 0. The summed E-state index contributed by atoms with van der Waals surface area (Å²) in [6.07, 6.45) is 3.87. The van der Waals surface area contributed by atoms with Crippen LogP contribution in [-0.4, -0.2) is 42.7 Å². The number of benzene rings is 3. The molecule has 3 aromatic carbocycles. The molecule has 44 heavy (non-hydrogen) atoms. The molecule has 222 valence electrons. The molecule has 0 radical (unpaired) electrons. The zero-order valence-corrected chi connectivity index (χ0v) is 24.3. The van der Waals surface area contributed by atoms with Crippen molar-refractivity contribution in [2.45, 2.75) is 24.2 Å². The number of methoxy groups -OCH3 is 2. The van der Waals surface area contributed by atoms with E-state index in [1.807, 2.05) is 54.6 Å². The maximum atomic E-state index is 15.0. The average Bonchev–Trinajstić information content (AvgIpc) is 3.35. The first-order valence-electron chi connectivity index (χ1n) is 14.7. The minimum Gasteiger partial charge on any atom is -0.507 e. The van der Waals surface area contributed by atoms with E-state index in [4.69, 9.17) is 9.47 Å². The second-order valence-electron chi connectivity index (χ2n) is 11.9. The van der Waals surface area contributed by atoms with Crippen LogP contribution in [0.15, 0.2) is 90.5 Å².